The summed E-state index contributed by atoms with van der Waals surface area (Å²) in [6.45, 7) is 1.77. The summed E-state index contributed by atoms with van der Waals surface area (Å²) in [5, 5.41) is 3.52. The van der Waals surface area contributed by atoms with Crippen molar-refractivity contribution in [2.75, 3.05) is 5.32 Å². The molecule has 0 saturated heterocycles. The molecular weight excluding hydrogens is 334 g/mol. The van der Waals surface area contributed by atoms with Crippen LogP contribution >= 0.6 is 11.3 Å². The Balaban J connectivity index is 1.79. The summed E-state index contributed by atoms with van der Waals surface area (Å²) < 4.78 is 5.53. The van der Waals surface area contributed by atoms with Crippen LogP contribution in [0.15, 0.2) is 36.4 Å². The number of esters is 1. The van der Waals surface area contributed by atoms with E-state index in [1.54, 1.807) is 13.0 Å². The van der Waals surface area contributed by atoms with Crippen LogP contribution in [0.3, 0.4) is 0 Å². The molecule has 0 unspecified atom stereocenters. The van der Waals surface area contributed by atoms with Crippen LogP contribution in [-0.4, -0.2) is 11.9 Å². The van der Waals surface area contributed by atoms with Crippen molar-refractivity contribution in [2.24, 2.45) is 0 Å². The first-order valence-corrected chi connectivity index (χ1v) is 9.38. The zero-order valence-corrected chi connectivity index (χ0v) is 15.0. The van der Waals surface area contributed by atoms with Gasteiger partial charge in [-0.2, -0.15) is 0 Å². The summed E-state index contributed by atoms with van der Waals surface area (Å²) >= 11 is 1.52. The van der Waals surface area contributed by atoms with Crippen LogP contribution in [0.4, 0.5) is 5.00 Å². The summed E-state index contributed by atoms with van der Waals surface area (Å²) in [5.41, 5.74) is 2.04. The van der Waals surface area contributed by atoms with E-state index in [-0.39, 0.29) is 11.9 Å². The average Bonchev–Trinajstić information content (AvgIpc) is 2.98. The van der Waals surface area contributed by atoms with Crippen molar-refractivity contribution in [3.63, 3.8) is 0 Å². The van der Waals surface area contributed by atoms with E-state index in [9.17, 15) is 9.59 Å². The van der Waals surface area contributed by atoms with Gasteiger partial charge in [-0.1, -0.05) is 37.3 Å². The lowest BCUT2D eigenvalue weighted by molar-refractivity contribution is -0.134. The van der Waals surface area contributed by atoms with Crippen LogP contribution in [-0.2, 0) is 22.4 Å². The maximum Gasteiger partial charge on any atom is 0.311 e. The number of hydrogen-bond acceptors (Lipinski definition) is 4. The standard InChI is InChI=1S/C20H21NO3S/c1-2-18(23)24-19-15-10-6-7-11-16(15)25-20(19)21-17(22)13-12-14-8-4-3-5-9-14/h3-5,8-9,12-13H,2,6-7,10-11H2,1H3,(H,21,22)/b13-12+. The molecule has 1 heterocycles. The van der Waals surface area contributed by atoms with Gasteiger partial charge in [-0.3, -0.25) is 9.59 Å². The summed E-state index contributed by atoms with van der Waals surface area (Å²) in [6, 6.07) is 9.65. The molecule has 1 aliphatic carbocycles. The summed E-state index contributed by atoms with van der Waals surface area (Å²) in [4.78, 5) is 25.3. The van der Waals surface area contributed by atoms with Gasteiger partial charge in [-0.05, 0) is 37.3 Å². The fourth-order valence-electron chi connectivity index (χ4n) is 2.80. The van der Waals surface area contributed by atoms with Crippen LogP contribution in [0.2, 0.25) is 0 Å². The van der Waals surface area contributed by atoms with Gasteiger partial charge in [0.15, 0.2) is 5.75 Å². The molecule has 0 atom stereocenters. The lowest BCUT2D eigenvalue weighted by Gasteiger charge is -2.12. The number of thiophene rings is 1. The van der Waals surface area contributed by atoms with E-state index in [0.717, 1.165) is 36.8 Å². The molecule has 0 radical (unpaired) electrons. The van der Waals surface area contributed by atoms with Crippen molar-refractivity contribution < 1.29 is 14.3 Å². The fraction of sp³-hybridized carbons (Fsp3) is 0.300. The highest BCUT2D eigenvalue weighted by Gasteiger charge is 2.24. The molecule has 0 bridgehead atoms. The second kappa shape index (κ2) is 8.12. The molecular formula is C20H21NO3S. The summed E-state index contributed by atoms with van der Waals surface area (Å²) in [7, 11) is 0. The number of anilines is 1. The number of rotatable bonds is 5. The number of hydrogen-bond donors (Lipinski definition) is 1. The highest BCUT2D eigenvalue weighted by Crippen LogP contribution is 2.44. The molecule has 130 valence electrons. The predicted molar refractivity (Wildman–Crippen MR) is 101 cm³/mol. The monoisotopic (exact) mass is 355 g/mol. The second-order valence-electron chi connectivity index (χ2n) is 5.93. The third kappa shape index (κ3) is 4.37. The van der Waals surface area contributed by atoms with Crippen LogP contribution in [0.1, 0.15) is 42.2 Å². The number of aryl methyl sites for hydroxylation is 1. The van der Waals surface area contributed by atoms with Gasteiger partial charge >= 0.3 is 5.97 Å². The van der Waals surface area contributed by atoms with E-state index in [0.29, 0.717) is 17.2 Å². The lowest BCUT2D eigenvalue weighted by atomic mass is 9.98. The smallest absolute Gasteiger partial charge is 0.311 e. The van der Waals surface area contributed by atoms with E-state index >= 15 is 0 Å². The van der Waals surface area contributed by atoms with Crippen molar-refractivity contribution >= 4 is 34.3 Å². The molecule has 4 nitrogen and oxygen atoms in total. The molecule has 3 rings (SSSR count). The van der Waals surface area contributed by atoms with E-state index in [4.69, 9.17) is 4.74 Å². The average molecular weight is 355 g/mol. The van der Waals surface area contributed by atoms with Gasteiger partial charge in [0, 0.05) is 22.9 Å². The Morgan fingerprint density at radius 3 is 2.72 bits per heavy atom. The highest BCUT2D eigenvalue weighted by atomic mass is 32.1. The molecule has 1 amide bonds. The molecule has 0 saturated carbocycles. The maximum atomic E-state index is 12.3. The normalized spacial score (nSPS) is 13.5. The van der Waals surface area contributed by atoms with Crippen LogP contribution in [0.25, 0.3) is 6.08 Å². The number of carbonyl (C=O) groups excluding carboxylic acids is 2. The van der Waals surface area contributed by atoms with Crippen molar-refractivity contribution in [1.82, 2.24) is 0 Å². The number of carbonyl (C=O) groups is 2. The Labute approximate surface area is 151 Å². The Hall–Kier alpha value is -2.40. The zero-order valence-electron chi connectivity index (χ0n) is 14.2. The van der Waals surface area contributed by atoms with Gasteiger partial charge < -0.3 is 10.1 Å². The second-order valence-corrected chi connectivity index (χ2v) is 7.04. The largest absolute Gasteiger partial charge is 0.423 e. The molecule has 5 heteroatoms. The molecule has 2 aromatic rings. The van der Waals surface area contributed by atoms with Crippen molar-refractivity contribution in [3.8, 4) is 5.75 Å². The Kier molecular flexibility index (Phi) is 5.66. The molecule has 1 aliphatic rings. The van der Waals surface area contributed by atoms with Gasteiger partial charge in [0.2, 0.25) is 5.91 Å². The Bertz CT molecular complexity index is 793. The molecule has 1 N–H and O–H groups in total. The molecule has 0 aliphatic heterocycles. The number of benzene rings is 1. The Morgan fingerprint density at radius 1 is 1.20 bits per heavy atom. The number of amides is 1. The van der Waals surface area contributed by atoms with Crippen LogP contribution < -0.4 is 10.1 Å². The summed E-state index contributed by atoms with van der Waals surface area (Å²) in [6.07, 6.45) is 7.67. The predicted octanol–water partition coefficient (Wildman–Crippen LogP) is 4.59. The topological polar surface area (TPSA) is 55.4 Å². The Morgan fingerprint density at radius 2 is 1.96 bits per heavy atom. The molecule has 1 aromatic carbocycles. The van der Waals surface area contributed by atoms with Gasteiger partial charge in [0.05, 0.1) is 0 Å². The minimum Gasteiger partial charge on any atom is -0.423 e. The molecule has 25 heavy (non-hydrogen) atoms. The SMILES string of the molecule is CCC(=O)Oc1c(NC(=O)/C=C/c2ccccc2)sc2c1CCCC2. The van der Waals surface area contributed by atoms with Crippen LogP contribution in [0, 0.1) is 0 Å². The van der Waals surface area contributed by atoms with Gasteiger partial charge in [-0.25, -0.2) is 0 Å². The van der Waals surface area contributed by atoms with Crippen molar-refractivity contribution in [1.29, 1.82) is 0 Å². The maximum absolute atomic E-state index is 12.3. The van der Waals surface area contributed by atoms with E-state index in [2.05, 4.69) is 5.32 Å². The first-order valence-electron chi connectivity index (χ1n) is 8.56. The molecule has 1 aromatic heterocycles. The number of ether oxygens (including phenoxy) is 1. The third-order valence-electron chi connectivity index (χ3n) is 4.09. The van der Waals surface area contributed by atoms with Crippen LogP contribution in [0.5, 0.6) is 5.75 Å². The lowest BCUT2D eigenvalue weighted by Crippen LogP contribution is -2.12. The first kappa shape index (κ1) is 17.4. The van der Waals surface area contributed by atoms with E-state index < -0.39 is 0 Å². The molecule has 0 fully saturated rings. The number of nitrogens with one attached hydrogen (secondary N) is 1. The minimum absolute atomic E-state index is 0.226. The van der Waals surface area contributed by atoms with Crippen molar-refractivity contribution in [3.05, 3.63) is 52.4 Å². The van der Waals surface area contributed by atoms with Crippen molar-refractivity contribution in [2.45, 2.75) is 39.0 Å². The molecule has 0 spiro atoms. The first-order chi connectivity index (χ1) is 12.2. The quantitative estimate of drug-likeness (QED) is 0.630. The summed E-state index contributed by atoms with van der Waals surface area (Å²) in [5.74, 6) is 0.0470. The fourth-order valence-corrected chi connectivity index (χ4v) is 4.02. The highest BCUT2D eigenvalue weighted by molar-refractivity contribution is 7.17. The van der Waals surface area contributed by atoms with Gasteiger partial charge in [-0.15, -0.1) is 11.3 Å². The van der Waals surface area contributed by atoms with E-state index in [1.165, 1.54) is 22.3 Å². The van der Waals surface area contributed by atoms with Gasteiger partial charge in [0.1, 0.15) is 5.00 Å². The number of fused-ring (bicyclic) bond motifs is 1. The zero-order chi connectivity index (χ0) is 17.6. The van der Waals surface area contributed by atoms with Gasteiger partial charge in [0.25, 0.3) is 0 Å². The minimum atomic E-state index is -0.276. The third-order valence-corrected chi connectivity index (χ3v) is 5.28. The van der Waals surface area contributed by atoms with E-state index in [1.807, 2.05) is 30.3 Å².